The molecular weight excluding hydrogens is 310 g/mol. The Balaban J connectivity index is 1.90. The average Bonchev–Trinajstić information content (AvgIpc) is 2.66. The molecule has 0 aliphatic heterocycles. The topological polar surface area (TPSA) is 46.2 Å². The lowest BCUT2D eigenvalue weighted by atomic mass is 10.1. The summed E-state index contributed by atoms with van der Waals surface area (Å²) in [7, 11) is 0. The molecule has 130 valence electrons. The van der Waals surface area contributed by atoms with E-state index < -0.39 is 0 Å². The molecule has 0 atom stereocenters. The van der Waals surface area contributed by atoms with Gasteiger partial charge in [0, 0.05) is 18.5 Å². The maximum atomic E-state index is 12.3. The number of hydrogen-bond acceptors (Lipinski definition) is 2. The standard InChI is InChI=1S/C22H25NO2/c1-2-3-5-13-22(25)23-17-19-11-8-12-20(16-19)21(24)15-14-18-9-6-4-7-10-18/h4,6-12,14-16H,2-3,5,13,17H2,1H3,(H,23,25). The summed E-state index contributed by atoms with van der Waals surface area (Å²) in [6, 6.07) is 17.1. The number of hydrogen-bond donors (Lipinski definition) is 1. The minimum Gasteiger partial charge on any atom is -0.352 e. The summed E-state index contributed by atoms with van der Waals surface area (Å²) >= 11 is 0. The first kappa shape index (κ1) is 18.7. The van der Waals surface area contributed by atoms with Gasteiger partial charge in [0.15, 0.2) is 5.78 Å². The average molecular weight is 335 g/mol. The van der Waals surface area contributed by atoms with E-state index in [1.54, 1.807) is 12.1 Å². The predicted molar refractivity (Wildman–Crippen MR) is 102 cm³/mol. The molecule has 1 amide bonds. The zero-order valence-electron chi connectivity index (χ0n) is 14.7. The Bertz CT molecular complexity index is 720. The monoisotopic (exact) mass is 335 g/mol. The fourth-order valence-electron chi connectivity index (χ4n) is 2.49. The van der Waals surface area contributed by atoms with Gasteiger partial charge in [-0.25, -0.2) is 0 Å². The van der Waals surface area contributed by atoms with Gasteiger partial charge in [0.2, 0.25) is 5.91 Å². The van der Waals surface area contributed by atoms with Gasteiger partial charge in [0.05, 0.1) is 0 Å². The van der Waals surface area contributed by atoms with E-state index >= 15 is 0 Å². The zero-order valence-corrected chi connectivity index (χ0v) is 14.7. The van der Waals surface area contributed by atoms with Crippen molar-refractivity contribution in [2.75, 3.05) is 0 Å². The molecule has 1 N–H and O–H groups in total. The fourth-order valence-corrected chi connectivity index (χ4v) is 2.49. The summed E-state index contributed by atoms with van der Waals surface area (Å²) in [5.74, 6) is 0.0223. The molecule has 0 fully saturated rings. The predicted octanol–water partition coefficient (Wildman–Crippen LogP) is 4.78. The highest BCUT2D eigenvalue weighted by molar-refractivity contribution is 6.06. The number of unbranched alkanes of at least 4 members (excludes halogenated alkanes) is 2. The third kappa shape index (κ3) is 6.76. The van der Waals surface area contributed by atoms with Crippen LogP contribution in [0, 0.1) is 0 Å². The van der Waals surface area contributed by atoms with Gasteiger partial charge < -0.3 is 5.32 Å². The molecule has 0 heterocycles. The van der Waals surface area contributed by atoms with Crippen LogP contribution in [0.2, 0.25) is 0 Å². The van der Waals surface area contributed by atoms with Gasteiger partial charge in [0.25, 0.3) is 0 Å². The second kappa shape index (κ2) is 10.2. The van der Waals surface area contributed by atoms with Gasteiger partial charge in [-0.05, 0) is 29.7 Å². The lowest BCUT2D eigenvalue weighted by molar-refractivity contribution is -0.121. The highest BCUT2D eigenvalue weighted by Gasteiger charge is 2.05. The van der Waals surface area contributed by atoms with Gasteiger partial charge in [-0.15, -0.1) is 0 Å². The van der Waals surface area contributed by atoms with Crippen molar-refractivity contribution in [3.63, 3.8) is 0 Å². The number of rotatable bonds is 9. The number of carbonyl (C=O) groups excluding carboxylic acids is 2. The van der Waals surface area contributed by atoms with Crippen molar-refractivity contribution < 1.29 is 9.59 Å². The Morgan fingerprint density at radius 2 is 1.80 bits per heavy atom. The lowest BCUT2D eigenvalue weighted by Crippen LogP contribution is -2.22. The zero-order chi connectivity index (χ0) is 17.9. The van der Waals surface area contributed by atoms with E-state index in [1.165, 1.54) is 0 Å². The second-order valence-corrected chi connectivity index (χ2v) is 6.04. The van der Waals surface area contributed by atoms with Crippen molar-refractivity contribution in [3.8, 4) is 0 Å². The molecular formula is C22H25NO2. The van der Waals surface area contributed by atoms with Crippen molar-refractivity contribution in [3.05, 3.63) is 77.4 Å². The first-order valence-corrected chi connectivity index (χ1v) is 8.82. The molecule has 3 heteroatoms. The Kier molecular flexibility index (Phi) is 7.64. The molecule has 2 aromatic carbocycles. The van der Waals surface area contributed by atoms with E-state index in [4.69, 9.17) is 0 Å². The molecule has 0 unspecified atom stereocenters. The van der Waals surface area contributed by atoms with E-state index in [-0.39, 0.29) is 11.7 Å². The Morgan fingerprint density at radius 1 is 1.00 bits per heavy atom. The molecule has 0 aliphatic carbocycles. The number of benzene rings is 2. The Morgan fingerprint density at radius 3 is 2.56 bits per heavy atom. The molecule has 25 heavy (non-hydrogen) atoms. The summed E-state index contributed by atoms with van der Waals surface area (Å²) < 4.78 is 0. The molecule has 0 aromatic heterocycles. The molecule has 0 radical (unpaired) electrons. The smallest absolute Gasteiger partial charge is 0.220 e. The molecule has 0 bridgehead atoms. The molecule has 3 nitrogen and oxygen atoms in total. The largest absolute Gasteiger partial charge is 0.352 e. The molecule has 2 rings (SSSR count). The quantitative estimate of drug-likeness (QED) is 0.407. The van der Waals surface area contributed by atoms with Crippen LogP contribution in [0.4, 0.5) is 0 Å². The number of allylic oxidation sites excluding steroid dienone is 1. The van der Waals surface area contributed by atoms with Crippen LogP contribution in [-0.4, -0.2) is 11.7 Å². The van der Waals surface area contributed by atoms with Gasteiger partial charge in [-0.3, -0.25) is 9.59 Å². The highest BCUT2D eigenvalue weighted by Crippen LogP contribution is 2.09. The number of amides is 1. The van der Waals surface area contributed by atoms with E-state index in [0.717, 1.165) is 30.4 Å². The van der Waals surface area contributed by atoms with E-state index in [0.29, 0.717) is 18.5 Å². The van der Waals surface area contributed by atoms with E-state index in [2.05, 4.69) is 12.2 Å². The van der Waals surface area contributed by atoms with Crippen LogP contribution in [-0.2, 0) is 11.3 Å². The fraction of sp³-hybridized carbons (Fsp3) is 0.273. The minimum absolute atomic E-state index is 0.0417. The molecule has 0 spiro atoms. The van der Waals surface area contributed by atoms with Crippen LogP contribution in [0.3, 0.4) is 0 Å². The Hall–Kier alpha value is -2.68. The molecule has 0 saturated heterocycles. The summed E-state index contributed by atoms with van der Waals surface area (Å²) in [5, 5.41) is 2.91. The first-order valence-electron chi connectivity index (χ1n) is 8.82. The van der Waals surface area contributed by atoms with Gasteiger partial charge in [0.1, 0.15) is 0 Å². The van der Waals surface area contributed by atoms with Crippen molar-refractivity contribution in [1.29, 1.82) is 0 Å². The molecule has 0 saturated carbocycles. The maximum Gasteiger partial charge on any atom is 0.220 e. The molecule has 0 aliphatic rings. The number of ketones is 1. The van der Waals surface area contributed by atoms with Crippen molar-refractivity contribution >= 4 is 17.8 Å². The normalized spacial score (nSPS) is 10.8. The minimum atomic E-state index is -0.0417. The first-order chi connectivity index (χ1) is 12.2. The number of nitrogens with one attached hydrogen (secondary N) is 1. The van der Waals surface area contributed by atoms with Crippen LogP contribution in [0.5, 0.6) is 0 Å². The van der Waals surface area contributed by atoms with Crippen LogP contribution >= 0.6 is 0 Å². The van der Waals surface area contributed by atoms with E-state index in [9.17, 15) is 9.59 Å². The summed E-state index contributed by atoms with van der Waals surface area (Å²) in [5.41, 5.74) is 2.55. The maximum absolute atomic E-state index is 12.3. The third-order valence-corrected chi connectivity index (χ3v) is 3.94. The van der Waals surface area contributed by atoms with Crippen molar-refractivity contribution in [2.45, 2.75) is 39.2 Å². The summed E-state index contributed by atoms with van der Waals surface area (Å²) in [6.07, 6.45) is 7.05. The van der Waals surface area contributed by atoms with Gasteiger partial charge in [-0.1, -0.05) is 74.4 Å². The van der Waals surface area contributed by atoms with Crippen LogP contribution < -0.4 is 5.32 Å². The van der Waals surface area contributed by atoms with Gasteiger partial charge in [-0.2, -0.15) is 0 Å². The second-order valence-electron chi connectivity index (χ2n) is 6.04. The van der Waals surface area contributed by atoms with Crippen LogP contribution in [0.25, 0.3) is 6.08 Å². The van der Waals surface area contributed by atoms with Crippen LogP contribution in [0.15, 0.2) is 60.7 Å². The molecule has 2 aromatic rings. The summed E-state index contributed by atoms with van der Waals surface area (Å²) in [4.78, 5) is 24.1. The van der Waals surface area contributed by atoms with Gasteiger partial charge >= 0.3 is 0 Å². The van der Waals surface area contributed by atoms with Crippen LogP contribution in [0.1, 0.15) is 54.1 Å². The lowest BCUT2D eigenvalue weighted by Gasteiger charge is -2.06. The number of carbonyl (C=O) groups is 2. The van der Waals surface area contributed by atoms with E-state index in [1.807, 2.05) is 54.6 Å². The van der Waals surface area contributed by atoms with Crippen molar-refractivity contribution in [1.82, 2.24) is 5.32 Å². The third-order valence-electron chi connectivity index (χ3n) is 3.94. The highest BCUT2D eigenvalue weighted by atomic mass is 16.1. The summed E-state index contributed by atoms with van der Waals surface area (Å²) in [6.45, 7) is 2.57. The Labute approximate surface area is 149 Å². The van der Waals surface area contributed by atoms with Crippen molar-refractivity contribution in [2.24, 2.45) is 0 Å². The SMILES string of the molecule is CCCCCC(=O)NCc1cccc(C(=O)C=Cc2ccccc2)c1.